The molecular formula is C24H34IN5O2. The Bertz CT molecular complexity index is 837. The summed E-state index contributed by atoms with van der Waals surface area (Å²) in [5.74, 6) is 1.77. The number of hydrogen-bond acceptors (Lipinski definition) is 4. The lowest BCUT2D eigenvalue weighted by Gasteiger charge is -2.36. The van der Waals surface area contributed by atoms with Crippen molar-refractivity contribution >= 4 is 41.5 Å². The molecule has 1 aliphatic heterocycles. The Balaban J connectivity index is 0.00000363. The van der Waals surface area contributed by atoms with Crippen molar-refractivity contribution < 1.29 is 9.53 Å². The number of rotatable bonds is 8. The van der Waals surface area contributed by atoms with E-state index in [9.17, 15) is 4.79 Å². The molecule has 0 unspecified atom stereocenters. The number of nitrogens with zero attached hydrogens (tertiary/aromatic N) is 3. The maximum absolute atomic E-state index is 12.6. The summed E-state index contributed by atoms with van der Waals surface area (Å²) < 4.78 is 5.18. The molecule has 0 radical (unpaired) electrons. The van der Waals surface area contributed by atoms with Crippen LogP contribution < -0.4 is 20.3 Å². The lowest BCUT2D eigenvalue weighted by Crippen LogP contribution is -2.49. The molecule has 0 aromatic heterocycles. The molecular weight excluding hydrogens is 517 g/mol. The number of hydrogen-bond donors (Lipinski definition) is 2. The van der Waals surface area contributed by atoms with Crippen LogP contribution in [0.4, 0.5) is 5.69 Å². The van der Waals surface area contributed by atoms with Gasteiger partial charge in [0, 0.05) is 58.4 Å². The van der Waals surface area contributed by atoms with Gasteiger partial charge in [-0.25, -0.2) is 0 Å². The van der Waals surface area contributed by atoms with Crippen LogP contribution in [0.3, 0.4) is 0 Å². The summed E-state index contributed by atoms with van der Waals surface area (Å²) in [6, 6.07) is 18.4. The smallest absolute Gasteiger partial charge is 0.224 e. The van der Waals surface area contributed by atoms with E-state index in [4.69, 9.17) is 4.74 Å². The molecule has 32 heavy (non-hydrogen) atoms. The summed E-state index contributed by atoms with van der Waals surface area (Å²) >= 11 is 0. The topological polar surface area (TPSA) is 69.2 Å². The molecule has 2 aromatic carbocycles. The van der Waals surface area contributed by atoms with Crippen LogP contribution in [0.2, 0.25) is 0 Å². The molecule has 1 saturated heterocycles. The van der Waals surface area contributed by atoms with Crippen molar-refractivity contribution in [3.8, 4) is 5.75 Å². The quantitative estimate of drug-likeness (QED) is 0.300. The largest absolute Gasteiger partial charge is 0.497 e. The molecule has 1 heterocycles. The molecule has 2 aromatic rings. The fraction of sp³-hybridized carbons (Fsp3) is 0.417. The van der Waals surface area contributed by atoms with E-state index in [0.717, 1.165) is 50.9 Å². The SMILES string of the molecule is CN=C(NCCC(=O)N1CCN(c2ccccc2)CC1)NCCc1ccc(OC)cc1.I. The number of aliphatic imine (C=N–C) groups is 1. The van der Waals surface area contributed by atoms with Crippen molar-refractivity contribution in [2.75, 3.05) is 58.3 Å². The minimum atomic E-state index is 0. The molecule has 2 N–H and O–H groups in total. The number of piperazine rings is 1. The molecule has 1 amide bonds. The second kappa shape index (κ2) is 13.8. The maximum atomic E-state index is 12.6. The van der Waals surface area contributed by atoms with Crippen LogP contribution in [0.25, 0.3) is 0 Å². The summed E-state index contributed by atoms with van der Waals surface area (Å²) in [5, 5.41) is 6.54. The Labute approximate surface area is 208 Å². The number of anilines is 1. The molecule has 3 rings (SSSR count). The van der Waals surface area contributed by atoms with Gasteiger partial charge in [-0.1, -0.05) is 30.3 Å². The van der Waals surface area contributed by atoms with Crippen molar-refractivity contribution in [3.05, 3.63) is 60.2 Å². The third-order valence-electron chi connectivity index (χ3n) is 5.47. The van der Waals surface area contributed by atoms with E-state index in [2.05, 4.69) is 56.9 Å². The highest BCUT2D eigenvalue weighted by atomic mass is 127. The first kappa shape index (κ1) is 25.8. The Hall–Kier alpha value is -2.49. The zero-order valence-corrected chi connectivity index (χ0v) is 21.2. The first-order valence-corrected chi connectivity index (χ1v) is 10.8. The van der Waals surface area contributed by atoms with Gasteiger partial charge in [0.25, 0.3) is 0 Å². The fourth-order valence-corrected chi connectivity index (χ4v) is 3.64. The molecule has 0 aliphatic carbocycles. The van der Waals surface area contributed by atoms with E-state index >= 15 is 0 Å². The van der Waals surface area contributed by atoms with E-state index < -0.39 is 0 Å². The standard InChI is InChI=1S/C24H33N5O2.HI/c1-25-24(26-14-12-20-8-10-22(31-2)11-9-20)27-15-13-23(30)29-18-16-28(17-19-29)21-6-4-3-5-7-21;/h3-11H,12-19H2,1-2H3,(H2,25,26,27);1H. The summed E-state index contributed by atoms with van der Waals surface area (Å²) in [4.78, 5) is 21.1. The van der Waals surface area contributed by atoms with Gasteiger partial charge in [0.2, 0.25) is 5.91 Å². The van der Waals surface area contributed by atoms with Gasteiger partial charge in [0.05, 0.1) is 7.11 Å². The predicted octanol–water partition coefficient (Wildman–Crippen LogP) is 2.76. The van der Waals surface area contributed by atoms with E-state index in [0.29, 0.717) is 13.0 Å². The van der Waals surface area contributed by atoms with Crippen molar-refractivity contribution in [2.24, 2.45) is 4.99 Å². The Morgan fingerprint density at radius 2 is 1.62 bits per heavy atom. The third kappa shape index (κ3) is 7.89. The van der Waals surface area contributed by atoms with Crippen LogP contribution in [-0.2, 0) is 11.2 Å². The van der Waals surface area contributed by atoms with Crippen molar-refractivity contribution in [3.63, 3.8) is 0 Å². The summed E-state index contributed by atoms with van der Waals surface area (Å²) in [6.07, 6.45) is 1.35. The summed E-state index contributed by atoms with van der Waals surface area (Å²) in [6.45, 7) is 4.61. The van der Waals surface area contributed by atoms with Gasteiger partial charge in [-0.3, -0.25) is 9.79 Å². The number of ether oxygens (including phenoxy) is 1. The van der Waals surface area contributed by atoms with Crippen LogP contribution in [0.1, 0.15) is 12.0 Å². The third-order valence-corrected chi connectivity index (χ3v) is 5.47. The highest BCUT2D eigenvalue weighted by molar-refractivity contribution is 14.0. The average molecular weight is 551 g/mol. The Kier molecular flexibility index (Phi) is 11.1. The number of nitrogens with one attached hydrogen (secondary N) is 2. The molecule has 8 heteroatoms. The van der Waals surface area contributed by atoms with Crippen LogP contribution in [-0.4, -0.2) is 70.2 Å². The second-order valence-corrected chi connectivity index (χ2v) is 7.48. The van der Waals surface area contributed by atoms with Crippen molar-refractivity contribution in [2.45, 2.75) is 12.8 Å². The number of carbonyl (C=O) groups is 1. The average Bonchev–Trinajstić information content (AvgIpc) is 2.84. The van der Waals surface area contributed by atoms with Crippen LogP contribution in [0.15, 0.2) is 59.6 Å². The van der Waals surface area contributed by atoms with Gasteiger partial charge < -0.3 is 25.2 Å². The fourth-order valence-electron chi connectivity index (χ4n) is 3.64. The summed E-state index contributed by atoms with van der Waals surface area (Å²) in [7, 11) is 3.41. The van der Waals surface area contributed by atoms with E-state index in [1.807, 2.05) is 23.1 Å². The summed E-state index contributed by atoms with van der Waals surface area (Å²) in [5.41, 5.74) is 2.45. The lowest BCUT2D eigenvalue weighted by molar-refractivity contribution is -0.131. The van der Waals surface area contributed by atoms with E-state index in [1.165, 1.54) is 11.3 Å². The molecule has 1 aliphatic rings. The highest BCUT2D eigenvalue weighted by Crippen LogP contribution is 2.15. The Morgan fingerprint density at radius 3 is 2.25 bits per heavy atom. The van der Waals surface area contributed by atoms with Crippen molar-refractivity contribution in [1.29, 1.82) is 0 Å². The molecule has 174 valence electrons. The second-order valence-electron chi connectivity index (χ2n) is 7.48. The minimum Gasteiger partial charge on any atom is -0.497 e. The number of guanidine groups is 1. The van der Waals surface area contributed by atoms with Gasteiger partial charge in [-0.05, 0) is 36.2 Å². The zero-order chi connectivity index (χ0) is 21.9. The van der Waals surface area contributed by atoms with Gasteiger partial charge in [0.15, 0.2) is 5.96 Å². The molecule has 7 nitrogen and oxygen atoms in total. The first-order chi connectivity index (χ1) is 15.2. The van der Waals surface area contributed by atoms with E-state index in [1.54, 1.807) is 14.2 Å². The van der Waals surface area contributed by atoms with Gasteiger partial charge in [0.1, 0.15) is 5.75 Å². The monoisotopic (exact) mass is 551 g/mol. The zero-order valence-electron chi connectivity index (χ0n) is 18.9. The van der Waals surface area contributed by atoms with E-state index in [-0.39, 0.29) is 29.9 Å². The van der Waals surface area contributed by atoms with Crippen LogP contribution in [0, 0.1) is 0 Å². The number of amides is 1. The van der Waals surface area contributed by atoms with Gasteiger partial charge in [-0.15, -0.1) is 24.0 Å². The lowest BCUT2D eigenvalue weighted by atomic mass is 10.1. The molecule has 1 fully saturated rings. The number of benzene rings is 2. The predicted molar refractivity (Wildman–Crippen MR) is 141 cm³/mol. The minimum absolute atomic E-state index is 0. The first-order valence-electron chi connectivity index (χ1n) is 10.8. The maximum Gasteiger partial charge on any atom is 0.224 e. The molecule has 0 atom stereocenters. The van der Waals surface area contributed by atoms with Gasteiger partial charge >= 0.3 is 0 Å². The number of methoxy groups -OCH3 is 1. The normalized spacial score (nSPS) is 13.9. The van der Waals surface area contributed by atoms with Crippen LogP contribution in [0.5, 0.6) is 5.75 Å². The van der Waals surface area contributed by atoms with Crippen molar-refractivity contribution in [1.82, 2.24) is 15.5 Å². The number of para-hydroxylation sites is 1. The number of carbonyl (C=O) groups excluding carboxylic acids is 1. The Morgan fingerprint density at radius 1 is 0.969 bits per heavy atom. The van der Waals surface area contributed by atoms with Gasteiger partial charge in [-0.2, -0.15) is 0 Å². The highest BCUT2D eigenvalue weighted by Gasteiger charge is 2.20. The number of halogens is 1. The molecule has 0 spiro atoms. The molecule has 0 saturated carbocycles. The molecule has 0 bridgehead atoms. The van der Waals surface area contributed by atoms with Crippen LogP contribution >= 0.6 is 24.0 Å².